The zero-order valence-electron chi connectivity index (χ0n) is 10.4. The van der Waals surface area contributed by atoms with Gasteiger partial charge < -0.3 is 15.8 Å². The van der Waals surface area contributed by atoms with Crippen LogP contribution in [0.5, 0.6) is 0 Å². The lowest BCUT2D eigenvalue weighted by Crippen LogP contribution is -2.31. The summed E-state index contributed by atoms with van der Waals surface area (Å²) in [6.07, 6.45) is 7.64. The van der Waals surface area contributed by atoms with Crippen molar-refractivity contribution in [2.45, 2.75) is 32.1 Å². The van der Waals surface area contributed by atoms with Gasteiger partial charge in [-0.15, -0.1) is 5.10 Å². The summed E-state index contributed by atoms with van der Waals surface area (Å²) in [6, 6.07) is 1.73. The second kappa shape index (κ2) is 6.18. The van der Waals surface area contributed by atoms with Crippen LogP contribution in [0.1, 0.15) is 37.7 Å². The Labute approximate surface area is 106 Å². The predicted molar refractivity (Wildman–Crippen MR) is 69.8 cm³/mol. The molecule has 1 aromatic rings. The van der Waals surface area contributed by atoms with E-state index in [-0.39, 0.29) is 5.84 Å². The molecular weight excluding hydrogens is 230 g/mol. The van der Waals surface area contributed by atoms with Crippen molar-refractivity contribution < 1.29 is 5.21 Å². The van der Waals surface area contributed by atoms with E-state index in [1.807, 2.05) is 0 Å². The molecule has 0 radical (unpaired) electrons. The smallest absolute Gasteiger partial charge is 0.173 e. The van der Waals surface area contributed by atoms with Crippen LogP contribution in [0.4, 0.5) is 5.82 Å². The largest absolute Gasteiger partial charge is 0.409 e. The Morgan fingerprint density at radius 3 is 2.56 bits per heavy atom. The van der Waals surface area contributed by atoms with Gasteiger partial charge in [0, 0.05) is 13.1 Å². The average molecular weight is 249 g/mol. The van der Waals surface area contributed by atoms with E-state index >= 15 is 0 Å². The molecule has 0 saturated carbocycles. The summed E-state index contributed by atoms with van der Waals surface area (Å²) in [5, 5.41) is 19.9. The summed E-state index contributed by atoms with van der Waals surface area (Å²) in [7, 11) is 0. The number of nitrogens with two attached hydrogens (primary N) is 1. The van der Waals surface area contributed by atoms with E-state index in [1.165, 1.54) is 19.3 Å². The highest BCUT2D eigenvalue weighted by Crippen LogP contribution is 2.20. The third-order valence-corrected chi connectivity index (χ3v) is 3.24. The van der Waals surface area contributed by atoms with E-state index < -0.39 is 0 Å². The zero-order valence-corrected chi connectivity index (χ0v) is 10.4. The molecule has 3 N–H and O–H groups in total. The molecule has 0 bridgehead atoms. The molecule has 0 atom stereocenters. The fraction of sp³-hybridized carbons (Fsp3) is 0.583. The first-order valence-electron chi connectivity index (χ1n) is 6.37. The van der Waals surface area contributed by atoms with Gasteiger partial charge in [-0.25, -0.2) is 0 Å². The lowest BCUT2D eigenvalue weighted by molar-refractivity contribution is 0.318. The van der Waals surface area contributed by atoms with Crippen molar-refractivity contribution in [3.05, 3.63) is 17.8 Å². The van der Waals surface area contributed by atoms with Crippen molar-refractivity contribution in [3.63, 3.8) is 0 Å². The lowest BCUT2D eigenvalue weighted by atomic mass is 10.1. The fourth-order valence-corrected chi connectivity index (χ4v) is 2.27. The molecule has 0 aromatic carbocycles. The average Bonchev–Trinajstić information content (AvgIpc) is 2.38. The van der Waals surface area contributed by atoms with Crippen molar-refractivity contribution in [3.8, 4) is 0 Å². The number of amidine groups is 1. The minimum Gasteiger partial charge on any atom is -0.409 e. The molecule has 0 spiro atoms. The summed E-state index contributed by atoms with van der Waals surface area (Å²) in [4.78, 5) is 2.18. The minimum atomic E-state index is 0.0851. The van der Waals surface area contributed by atoms with Gasteiger partial charge in [0.05, 0.1) is 11.8 Å². The highest BCUT2D eigenvalue weighted by Gasteiger charge is 2.16. The summed E-state index contributed by atoms with van der Waals surface area (Å²) in [5.41, 5.74) is 6.32. The Kier molecular flexibility index (Phi) is 4.33. The predicted octanol–water partition coefficient (Wildman–Crippen LogP) is 1.34. The van der Waals surface area contributed by atoms with Crippen LogP contribution in [-0.4, -0.2) is 34.3 Å². The first-order chi connectivity index (χ1) is 8.83. The quantitative estimate of drug-likeness (QED) is 0.357. The van der Waals surface area contributed by atoms with Crippen LogP contribution in [0.3, 0.4) is 0 Å². The molecule has 18 heavy (non-hydrogen) atoms. The maximum absolute atomic E-state index is 8.81. The third-order valence-electron chi connectivity index (χ3n) is 3.24. The van der Waals surface area contributed by atoms with E-state index in [0.29, 0.717) is 5.56 Å². The second-order valence-electron chi connectivity index (χ2n) is 4.51. The fourth-order valence-electron chi connectivity index (χ4n) is 2.27. The van der Waals surface area contributed by atoms with E-state index in [4.69, 9.17) is 10.9 Å². The maximum Gasteiger partial charge on any atom is 0.173 e. The van der Waals surface area contributed by atoms with Gasteiger partial charge in [0.15, 0.2) is 11.7 Å². The molecule has 1 aliphatic rings. The molecular formula is C12H19N5O. The van der Waals surface area contributed by atoms with Crippen molar-refractivity contribution >= 4 is 11.7 Å². The van der Waals surface area contributed by atoms with Crippen LogP contribution in [-0.2, 0) is 0 Å². The van der Waals surface area contributed by atoms with Gasteiger partial charge in [0.1, 0.15) is 0 Å². The van der Waals surface area contributed by atoms with Crippen molar-refractivity contribution in [1.29, 1.82) is 0 Å². The molecule has 2 rings (SSSR count). The SMILES string of the molecule is N/C(=N/O)c1ccnnc1N1CCCCCCC1. The van der Waals surface area contributed by atoms with E-state index in [0.717, 1.165) is 31.7 Å². The van der Waals surface area contributed by atoms with Gasteiger partial charge in [0.25, 0.3) is 0 Å². The van der Waals surface area contributed by atoms with Crippen molar-refractivity contribution in [1.82, 2.24) is 10.2 Å². The molecule has 1 aliphatic heterocycles. The highest BCUT2D eigenvalue weighted by atomic mass is 16.4. The lowest BCUT2D eigenvalue weighted by Gasteiger charge is -2.26. The van der Waals surface area contributed by atoms with Gasteiger partial charge >= 0.3 is 0 Å². The van der Waals surface area contributed by atoms with E-state index in [2.05, 4.69) is 20.3 Å². The number of hydrogen-bond donors (Lipinski definition) is 2. The van der Waals surface area contributed by atoms with E-state index in [1.54, 1.807) is 12.3 Å². The molecule has 1 aromatic heterocycles. The van der Waals surface area contributed by atoms with Crippen molar-refractivity contribution in [2.24, 2.45) is 10.9 Å². The van der Waals surface area contributed by atoms with Crippen LogP contribution in [0.2, 0.25) is 0 Å². The molecule has 6 heteroatoms. The Balaban J connectivity index is 2.25. The minimum absolute atomic E-state index is 0.0851. The summed E-state index contributed by atoms with van der Waals surface area (Å²) < 4.78 is 0. The molecule has 0 unspecified atom stereocenters. The molecule has 2 heterocycles. The van der Waals surface area contributed by atoms with Gasteiger partial charge in [-0.2, -0.15) is 5.10 Å². The summed E-state index contributed by atoms with van der Waals surface area (Å²) in [5.74, 6) is 0.802. The van der Waals surface area contributed by atoms with Gasteiger partial charge in [-0.3, -0.25) is 0 Å². The number of nitrogens with zero attached hydrogens (tertiary/aromatic N) is 4. The molecule has 98 valence electrons. The van der Waals surface area contributed by atoms with Gasteiger partial charge in [0.2, 0.25) is 0 Å². The standard InChI is InChI=1S/C12H19N5O/c13-11(16-18)10-6-7-14-15-12(10)17-8-4-2-1-3-5-9-17/h6-7,18H,1-5,8-9H2,(H2,13,16). The molecule has 0 aliphatic carbocycles. The normalized spacial score (nSPS) is 18.2. The first-order valence-corrected chi connectivity index (χ1v) is 6.37. The first kappa shape index (κ1) is 12.6. The Hall–Kier alpha value is -1.85. The van der Waals surface area contributed by atoms with Crippen LogP contribution in [0.15, 0.2) is 17.4 Å². The molecule has 0 amide bonds. The number of anilines is 1. The highest BCUT2D eigenvalue weighted by molar-refractivity contribution is 6.01. The molecule has 6 nitrogen and oxygen atoms in total. The summed E-state index contributed by atoms with van der Waals surface area (Å²) >= 11 is 0. The maximum atomic E-state index is 8.81. The topological polar surface area (TPSA) is 87.6 Å². The second-order valence-corrected chi connectivity index (χ2v) is 4.51. The number of rotatable bonds is 2. The Morgan fingerprint density at radius 2 is 1.89 bits per heavy atom. The van der Waals surface area contributed by atoms with E-state index in [9.17, 15) is 0 Å². The Bertz CT molecular complexity index is 413. The van der Waals surface area contributed by atoms with Gasteiger partial charge in [-0.1, -0.05) is 24.4 Å². The van der Waals surface area contributed by atoms with Crippen LogP contribution in [0.25, 0.3) is 0 Å². The molecule has 1 fully saturated rings. The summed E-state index contributed by atoms with van der Waals surface area (Å²) in [6.45, 7) is 1.90. The Morgan fingerprint density at radius 1 is 1.22 bits per heavy atom. The monoisotopic (exact) mass is 249 g/mol. The number of aromatic nitrogens is 2. The number of oxime groups is 1. The van der Waals surface area contributed by atoms with Crippen LogP contribution in [0, 0.1) is 0 Å². The van der Waals surface area contributed by atoms with Crippen molar-refractivity contribution in [2.75, 3.05) is 18.0 Å². The van der Waals surface area contributed by atoms with Crippen LogP contribution < -0.4 is 10.6 Å². The molecule has 1 saturated heterocycles. The van der Waals surface area contributed by atoms with Crippen LogP contribution >= 0.6 is 0 Å². The zero-order chi connectivity index (χ0) is 12.8. The van der Waals surface area contributed by atoms with Gasteiger partial charge in [-0.05, 0) is 18.9 Å². The third kappa shape index (κ3) is 2.88. The number of hydrogen-bond acceptors (Lipinski definition) is 5.